The van der Waals surface area contributed by atoms with Crippen LogP contribution >= 0.6 is 0 Å². The van der Waals surface area contributed by atoms with Gasteiger partial charge in [0.15, 0.2) is 0 Å². The van der Waals surface area contributed by atoms with Crippen molar-refractivity contribution < 1.29 is 13.2 Å². The summed E-state index contributed by atoms with van der Waals surface area (Å²) in [5.74, 6) is 0.435. The Balaban J connectivity index is 2.40. The maximum atomic E-state index is 13.0. The third kappa shape index (κ3) is 4.00. The van der Waals surface area contributed by atoms with E-state index in [0.29, 0.717) is 5.92 Å². The van der Waals surface area contributed by atoms with E-state index in [0.717, 1.165) is 50.3 Å². The Bertz CT molecular complexity index is 457. The van der Waals surface area contributed by atoms with Gasteiger partial charge in [-0.3, -0.25) is 0 Å². The van der Waals surface area contributed by atoms with Crippen LogP contribution in [0.1, 0.15) is 57.1 Å². The lowest BCUT2D eigenvalue weighted by atomic mass is 9.78. The summed E-state index contributed by atoms with van der Waals surface area (Å²) < 4.78 is 38.9. The summed E-state index contributed by atoms with van der Waals surface area (Å²) in [6.07, 6.45) is 0.807. The zero-order chi connectivity index (χ0) is 15.5. The molecule has 21 heavy (non-hydrogen) atoms. The van der Waals surface area contributed by atoms with Crippen LogP contribution in [0.2, 0.25) is 0 Å². The molecule has 1 aliphatic heterocycles. The molecule has 0 radical (unpaired) electrons. The Morgan fingerprint density at radius 1 is 1.19 bits per heavy atom. The first-order valence-corrected chi connectivity index (χ1v) is 7.76. The normalized spacial score (nSPS) is 24.1. The fourth-order valence-corrected chi connectivity index (χ4v) is 3.37. The van der Waals surface area contributed by atoms with Gasteiger partial charge in [-0.2, -0.15) is 13.2 Å². The second-order valence-electron chi connectivity index (χ2n) is 6.50. The first kappa shape index (κ1) is 16.3. The quantitative estimate of drug-likeness (QED) is 0.817. The van der Waals surface area contributed by atoms with E-state index in [1.165, 1.54) is 12.1 Å². The van der Waals surface area contributed by atoms with Crippen LogP contribution < -0.4 is 5.32 Å². The van der Waals surface area contributed by atoms with Gasteiger partial charge in [-0.05, 0) is 49.4 Å². The second kappa shape index (κ2) is 6.39. The van der Waals surface area contributed by atoms with Crippen molar-refractivity contribution in [3.63, 3.8) is 0 Å². The lowest BCUT2D eigenvalue weighted by molar-refractivity contribution is -0.137. The summed E-state index contributed by atoms with van der Waals surface area (Å²) in [6.45, 7) is 5.13. The van der Waals surface area contributed by atoms with Crippen LogP contribution in [0.3, 0.4) is 0 Å². The SMILES string of the molecule is CC(C)CC1(c2cccc(C(F)(F)F)c2)CCCCCN1. The number of hydrogen-bond acceptors (Lipinski definition) is 1. The standard InChI is InChI=1S/C17H24F3N/c1-13(2)12-16(9-4-3-5-10-21-16)14-7-6-8-15(11-14)17(18,19)20/h6-8,11,13,21H,3-5,9-10,12H2,1-2H3. The van der Waals surface area contributed by atoms with E-state index in [9.17, 15) is 13.2 Å². The smallest absolute Gasteiger partial charge is 0.307 e. The minimum atomic E-state index is -4.28. The average molecular weight is 299 g/mol. The molecule has 1 saturated heterocycles. The van der Waals surface area contributed by atoms with Crippen molar-refractivity contribution in [1.29, 1.82) is 0 Å². The first-order chi connectivity index (χ1) is 9.83. The van der Waals surface area contributed by atoms with Crippen LogP contribution in [-0.2, 0) is 11.7 Å². The molecule has 0 aliphatic carbocycles. The van der Waals surface area contributed by atoms with Gasteiger partial charge in [0, 0.05) is 5.54 Å². The molecule has 1 nitrogen and oxygen atoms in total. The summed E-state index contributed by atoms with van der Waals surface area (Å²) in [6, 6.07) is 5.87. The third-order valence-electron chi connectivity index (χ3n) is 4.24. The van der Waals surface area contributed by atoms with Crippen molar-refractivity contribution in [3.05, 3.63) is 35.4 Å². The van der Waals surface area contributed by atoms with Gasteiger partial charge >= 0.3 is 6.18 Å². The van der Waals surface area contributed by atoms with Crippen LogP contribution in [0.25, 0.3) is 0 Å². The lowest BCUT2D eigenvalue weighted by Crippen LogP contribution is -2.43. The van der Waals surface area contributed by atoms with E-state index in [1.807, 2.05) is 6.07 Å². The number of alkyl halides is 3. The highest BCUT2D eigenvalue weighted by atomic mass is 19.4. The van der Waals surface area contributed by atoms with E-state index in [1.54, 1.807) is 0 Å². The Labute approximate surface area is 124 Å². The van der Waals surface area contributed by atoms with E-state index in [-0.39, 0.29) is 5.54 Å². The number of halogens is 3. The second-order valence-corrected chi connectivity index (χ2v) is 6.50. The van der Waals surface area contributed by atoms with Crippen molar-refractivity contribution in [2.45, 2.75) is 57.7 Å². The zero-order valence-electron chi connectivity index (χ0n) is 12.8. The van der Waals surface area contributed by atoms with Gasteiger partial charge in [-0.1, -0.05) is 38.8 Å². The molecule has 0 aromatic heterocycles. The van der Waals surface area contributed by atoms with Crippen molar-refractivity contribution in [2.75, 3.05) is 6.54 Å². The molecule has 118 valence electrons. The molecule has 1 fully saturated rings. The largest absolute Gasteiger partial charge is 0.416 e. The van der Waals surface area contributed by atoms with Crippen LogP contribution in [0.4, 0.5) is 13.2 Å². The third-order valence-corrected chi connectivity index (χ3v) is 4.24. The number of benzene rings is 1. The van der Waals surface area contributed by atoms with Crippen molar-refractivity contribution in [2.24, 2.45) is 5.92 Å². The molecule has 4 heteroatoms. The van der Waals surface area contributed by atoms with Gasteiger partial charge in [0.25, 0.3) is 0 Å². The predicted molar refractivity (Wildman–Crippen MR) is 79.0 cm³/mol. The molecule has 0 spiro atoms. The summed E-state index contributed by atoms with van der Waals surface area (Å²) in [5, 5.41) is 3.55. The Morgan fingerprint density at radius 2 is 1.95 bits per heavy atom. The maximum absolute atomic E-state index is 13.0. The average Bonchev–Trinajstić information content (AvgIpc) is 2.64. The van der Waals surface area contributed by atoms with Crippen molar-refractivity contribution in [3.8, 4) is 0 Å². The fraction of sp³-hybridized carbons (Fsp3) is 0.647. The van der Waals surface area contributed by atoms with Crippen LogP contribution in [0, 0.1) is 5.92 Å². The molecule has 1 aliphatic rings. The van der Waals surface area contributed by atoms with E-state index in [4.69, 9.17) is 0 Å². The van der Waals surface area contributed by atoms with Crippen LogP contribution in [-0.4, -0.2) is 6.54 Å². The predicted octanol–water partition coefficient (Wildman–Crippen LogP) is 5.11. The molecule has 1 unspecified atom stereocenters. The summed E-state index contributed by atoms with van der Waals surface area (Å²) in [4.78, 5) is 0. The van der Waals surface area contributed by atoms with Crippen molar-refractivity contribution in [1.82, 2.24) is 5.32 Å². The van der Waals surface area contributed by atoms with Gasteiger partial charge in [0.1, 0.15) is 0 Å². The minimum absolute atomic E-state index is 0.314. The number of nitrogens with one attached hydrogen (secondary N) is 1. The number of hydrogen-bond donors (Lipinski definition) is 1. The Kier molecular flexibility index (Phi) is 4.97. The summed E-state index contributed by atoms with van der Waals surface area (Å²) >= 11 is 0. The molecular formula is C17H24F3N. The lowest BCUT2D eigenvalue weighted by Gasteiger charge is -2.36. The minimum Gasteiger partial charge on any atom is -0.307 e. The maximum Gasteiger partial charge on any atom is 0.416 e. The highest BCUT2D eigenvalue weighted by Crippen LogP contribution is 2.38. The summed E-state index contributed by atoms with van der Waals surface area (Å²) in [7, 11) is 0. The highest BCUT2D eigenvalue weighted by molar-refractivity contribution is 5.31. The van der Waals surface area contributed by atoms with Gasteiger partial charge in [0.05, 0.1) is 5.56 Å². The van der Waals surface area contributed by atoms with E-state index in [2.05, 4.69) is 19.2 Å². The van der Waals surface area contributed by atoms with E-state index >= 15 is 0 Å². The van der Waals surface area contributed by atoms with Gasteiger partial charge in [-0.25, -0.2) is 0 Å². The molecule has 2 rings (SSSR count). The summed E-state index contributed by atoms with van der Waals surface area (Å²) in [5.41, 5.74) is -0.0755. The molecule has 1 atom stereocenters. The molecule has 1 aromatic carbocycles. The molecule has 1 N–H and O–H groups in total. The zero-order valence-corrected chi connectivity index (χ0v) is 12.8. The Hall–Kier alpha value is -1.03. The van der Waals surface area contributed by atoms with Crippen LogP contribution in [0.15, 0.2) is 24.3 Å². The van der Waals surface area contributed by atoms with Crippen molar-refractivity contribution >= 4 is 0 Å². The highest BCUT2D eigenvalue weighted by Gasteiger charge is 2.36. The topological polar surface area (TPSA) is 12.0 Å². The first-order valence-electron chi connectivity index (χ1n) is 7.76. The van der Waals surface area contributed by atoms with Gasteiger partial charge < -0.3 is 5.32 Å². The Morgan fingerprint density at radius 3 is 2.62 bits per heavy atom. The van der Waals surface area contributed by atoms with Gasteiger partial charge in [0.2, 0.25) is 0 Å². The molecule has 1 heterocycles. The molecule has 1 aromatic rings. The molecule has 0 saturated carbocycles. The van der Waals surface area contributed by atoms with E-state index < -0.39 is 11.7 Å². The van der Waals surface area contributed by atoms with Crippen LogP contribution in [0.5, 0.6) is 0 Å². The fourth-order valence-electron chi connectivity index (χ4n) is 3.37. The number of rotatable bonds is 3. The monoisotopic (exact) mass is 299 g/mol. The molecular weight excluding hydrogens is 275 g/mol. The molecule has 0 bridgehead atoms. The van der Waals surface area contributed by atoms with Gasteiger partial charge in [-0.15, -0.1) is 0 Å². The molecule has 0 amide bonds.